The van der Waals surface area contributed by atoms with E-state index < -0.39 is 11.0 Å². The van der Waals surface area contributed by atoms with Crippen molar-refractivity contribution in [1.82, 2.24) is 10.3 Å². The van der Waals surface area contributed by atoms with Crippen LogP contribution in [0, 0.1) is 10.1 Å². The van der Waals surface area contributed by atoms with Crippen molar-refractivity contribution in [1.29, 1.82) is 0 Å². The summed E-state index contributed by atoms with van der Waals surface area (Å²) in [6.45, 7) is 1.35. The molecule has 25 heavy (non-hydrogen) atoms. The van der Waals surface area contributed by atoms with Gasteiger partial charge in [-0.25, -0.2) is 0 Å². The molecule has 1 aromatic heterocycles. The molecule has 0 radical (unpaired) electrons. The van der Waals surface area contributed by atoms with E-state index in [-0.39, 0.29) is 33.8 Å². The van der Waals surface area contributed by atoms with E-state index in [2.05, 4.69) is 10.3 Å². The highest BCUT2D eigenvalue weighted by molar-refractivity contribution is 5.93. The van der Waals surface area contributed by atoms with Gasteiger partial charge < -0.3 is 10.4 Å². The van der Waals surface area contributed by atoms with Crippen LogP contribution in [0.15, 0.2) is 54.7 Å². The lowest BCUT2D eigenvalue weighted by Gasteiger charge is -2.20. The second-order valence-electron chi connectivity index (χ2n) is 5.53. The number of pyridine rings is 1. The minimum Gasteiger partial charge on any atom is -0.505 e. The number of nitro benzene ring substituents is 1. The molecule has 0 saturated carbocycles. The van der Waals surface area contributed by atoms with Gasteiger partial charge >= 0.3 is 0 Å². The predicted octanol–water partition coefficient (Wildman–Crippen LogP) is 3.07. The summed E-state index contributed by atoms with van der Waals surface area (Å²) in [5, 5.41) is 25.1. The van der Waals surface area contributed by atoms with Gasteiger partial charge in [0.25, 0.3) is 5.69 Å². The zero-order chi connectivity index (χ0) is 18.0. The van der Waals surface area contributed by atoms with Crippen molar-refractivity contribution in [2.75, 3.05) is 0 Å². The molecule has 0 bridgehead atoms. The molecule has 1 heterocycles. The van der Waals surface area contributed by atoms with Crippen LogP contribution in [0.2, 0.25) is 0 Å². The Hall–Kier alpha value is -3.48. The van der Waals surface area contributed by atoms with E-state index in [1.165, 1.54) is 25.3 Å². The zero-order valence-electron chi connectivity index (χ0n) is 13.3. The molecule has 3 rings (SSSR count). The van der Waals surface area contributed by atoms with Crippen LogP contribution in [0.3, 0.4) is 0 Å². The van der Waals surface area contributed by atoms with Crippen molar-refractivity contribution < 1.29 is 14.8 Å². The average Bonchev–Trinajstić information content (AvgIpc) is 2.61. The number of nitrogens with one attached hydrogen (secondary N) is 1. The number of fused-ring (bicyclic) bond motifs is 1. The SMILES string of the molecule is CC(=O)NC(c1ccccc1)c1cc([N+](=O)[O-])c2cccnc2c1O. The van der Waals surface area contributed by atoms with Crippen LogP contribution in [0.4, 0.5) is 5.69 Å². The smallest absolute Gasteiger partial charge is 0.279 e. The maximum atomic E-state index is 11.7. The van der Waals surface area contributed by atoms with Crippen molar-refractivity contribution in [3.63, 3.8) is 0 Å². The second kappa shape index (κ2) is 6.56. The summed E-state index contributed by atoms with van der Waals surface area (Å²) in [6, 6.07) is 12.6. The van der Waals surface area contributed by atoms with Crippen LogP contribution < -0.4 is 5.32 Å². The van der Waals surface area contributed by atoms with Gasteiger partial charge in [0.1, 0.15) is 11.3 Å². The Morgan fingerprint density at radius 1 is 1.24 bits per heavy atom. The molecular weight excluding hydrogens is 322 g/mol. The van der Waals surface area contributed by atoms with Crippen LogP contribution in [0.25, 0.3) is 10.9 Å². The van der Waals surface area contributed by atoms with E-state index in [9.17, 15) is 20.0 Å². The highest BCUT2D eigenvalue weighted by Gasteiger charge is 2.26. The number of nitrogens with zero attached hydrogens (tertiary/aromatic N) is 2. The maximum Gasteiger partial charge on any atom is 0.279 e. The van der Waals surface area contributed by atoms with Crippen LogP contribution in [0.5, 0.6) is 5.75 Å². The van der Waals surface area contributed by atoms with Gasteiger partial charge in [0.2, 0.25) is 5.91 Å². The number of non-ortho nitro benzene ring substituents is 1. The lowest BCUT2D eigenvalue weighted by Crippen LogP contribution is -2.27. The predicted molar refractivity (Wildman–Crippen MR) is 92.2 cm³/mol. The van der Waals surface area contributed by atoms with Crippen molar-refractivity contribution in [2.24, 2.45) is 0 Å². The molecule has 0 fully saturated rings. The molecule has 1 unspecified atom stereocenters. The normalized spacial score (nSPS) is 11.9. The Bertz CT molecular complexity index is 957. The van der Waals surface area contributed by atoms with Crippen LogP contribution in [0.1, 0.15) is 24.1 Å². The fourth-order valence-electron chi connectivity index (χ4n) is 2.79. The Balaban J connectivity index is 2.29. The number of aromatic nitrogens is 1. The number of aromatic hydroxyl groups is 1. The number of phenolic OH excluding ortho intramolecular Hbond substituents is 1. The Morgan fingerprint density at radius 3 is 2.60 bits per heavy atom. The summed E-state index contributed by atoms with van der Waals surface area (Å²) in [5.41, 5.74) is 0.858. The molecule has 2 N–H and O–H groups in total. The van der Waals surface area contributed by atoms with Gasteiger partial charge in [-0.15, -0.1) is 0 Å². The molecule has 0 saturated heterocycles. The molecular formula is C18H15N3O4. The molecule has 0 aliphatic rings. The quantitative estimate of drug-likeness (QED) is 0.562. The number of amides is 1. The Morgan fingerprint density at radius 2 is 1.96 bits per heavy atom. The van der Waals surface area contributed by atoms with Gasteiger partial charge in [0, 0.05) is 24.8 Å². The number of carbonyl (C=O) groups is 1. The van der Waals surface area contributed by atoms with Gasteiger partial charge in [-0.3, -0.25) is 19.9 Å². The first kappa shape index (κ1) is 16.4. The minimum absolute atomic E-state index is 0.123. The summed E-state index contributed by atoms with van der Waals surface area (Å²) in [7, 11) is 0. The van der Waals surface area contributed by atoms with E-state index in [4.69, 9.17) is 0 Å². The van der Waals surface area contributed by atoms with E-state index in [1.54, 1.807) is 30.3 Å². The average molecular weight is 337 g/mol. The summed E-state index contributed by atoms with van der Waals surface area (Å²) in [5.74, 6) is -0.513. The maximum absolute atomic E-state index is 11.7. The van der Waals surface area contributed by atoms with Crippen LogP contribution in [-0.2, 0) is 4.79 Å². The molecule has 1 atom stereocenters. The van der Waals surface area contributed by atoms with Crippen molar-refractivity contribution >= 4 is 22.5 Å². The number of benzene rings is 2. The fourth-order valence-corrected chi connectivity index (χ4v) is 2.79. The first-order chi connectivity index (χ1) is 12.0. The molecule has 0 aliphatic carbocycles. The number of carbonyl (C=O) groups excluding carboxylic acids is 1. The number of rotatable bonds is 4. The monoisotopic (exact) mass is 337 g/mol. The molecule has 7 nitrogen and oxygen atoms in total. The first-order valence-corrected chi connectivity index (χ1v) is 7.56. The minimum atomic E-state index is -0.733. The summed E-state index contributed by atoms with van der Waals surface area (Å²) in [4.78, 5) is 26.7. The first-order valence-electron chi connectivity index (χ1n) is 7.56. The van der Waals surface area contributed by atoms with Crippen molar-refractivity contribution in [2.45, 2.75) is 13.0 Å². The van der Waals surface area contributed by atoms with E-state index >= 15 is 0 Å². The van der Waals surface area contributed by atoms with Crippen molar-refractivity contribution in [3.05, 3.63) is 76.0 Å². The van der Waals surface area contributed by atoms with Crippen LogP contribution in [-0.4, -0.2) is 20.9 Å². The van der Waals surface area contributed by atoms with Gasteiger partial charge in [-0.05, 0) is 17.7 Å². The zero-order valence-corrected chi connectivity index (χ0v) is 13.3. The standard InChI is InChI=1S/C18H15N3O4/c1-11(22)20-16(12-6-3-2-4-7-12)14-10-15(21(24)25)13-8-5-9-19-17(13)18(14)23/h2-10,16,23H,1H3,(H,20,22). The fraction of sp³-hybridized carbons (Fsp3) is 0.111. The van der Waals surface area contributed by atoms with Gasteiger partial charge in [-0.2, -0.15) is 0 Å². The Labute approximate surface area is 143 Å². The van der Waals surface area contributed by atoms with E-state index in [1.807, 2.05) is 6.07 Å². The van der Waals surface area contributed by atoms with Gasteiger partial charge in [-0.1, -0.05) is 30.3 Å². The lowest BCUT2D eigenvalue weighted by atomic mass is 9.95. The summed E-state index contributed by atoms with van der Waals surface area (Å²) < 4.78 is 0. The third-order valence-corrected chi connectivity index (χ3v) is 3.86. The van der Waals surface area contributed by atoms with Gasteiger partial charge in [0.15, 0.2) is 0 Å². The largest absolute Gasteiger partial charge is 0.505 e. The van der Waals surface area contributed by atoms with Crippen LogP contribution >= 0.6 is 0 Å². The van der Waals surface area contributed by atoms with E-state index in [0.717, 1.165) is 0 Å². The molecule has 0 spiro atoms. The third kappa shape index (κ3) is 3.12. The third-order valence-electron chi connectivity index (χ3n) is 3.86. The highest BCUT2D eigenvalue weighted by atomic mass is 16.6. The van der Waals surface area contributed by atoms with Gasteiger partial charge in [0.05, 0.1) is 16.4 Å². The molecule has 7 heteroatoms. The molecule has 2 aromatic carbocycles. The second-order valence-corrected chi connectivity index (χ2v) is 5.53. The number of hydrogen-bond donors (Lipinski definition) is 2. The summed E-state index contributed by atoms with van der Waals surface area (Å²) in [6.07, 6.45) is 1.45. The lowest BCUT2D eigenvalue weighted by molar-refractivity contribution is -0.383. The van der Waals surface area contributed by atoms with Crippen molar-refractivity contribution in [3.8, 4) is 5.75 Å². The molecule has 3 aromatic rings. The molecule has 126 valence electrons. The van der Waals surface area contributed by atoms with E-state index in [0.29, 0.717) is 5.56 Å². The number of phenols is 1. The summed E-state index contributed by atoms with van der Waals surface area (Å²) >= 11 is 0. The number of hydrogen-bond acceptors (Lipinski definition) is 5. The highest BCUT2D eigenvalue weighted by Crippen LogP contribution is 2.39. The number of nitro groups is 1. The molecule has 0 aliphatic heterocycles. The topological polar surface area (TPSA) is 105 Å². The Kier molecular flexibility index (Phi) is 4.30. The molecule has 1 amide bonds.